The smallest absolute Gasteiger partial charge is 0.380 e. The fourth-order valence-corrected chi connectivity index (χ4v) is 3.44. The maximum Gasteiger partial charge on any atom is 0.416 e. The van der Waals surface area contributed by atoms with Gasteiger partial charge in [0.05, 0.1) is 17.6 Å². The first-order valence-electron chi connectivity index (χ1n) is 9.66. The zero-order valence-electron chi connectivity index (χ0n) is 16.4. The number of fused-ring (bicyclic) bond motifs is 1. The largest absolute Gasteiger partial charge is 0.416 e. The van der Waals surface area contributed by atoms with Crippen LogP contribution in [0, 0.1) is 0 Å². The number of alkyl halides is 3. The molecule has 160 valence electrons. The molecule has 6 nitrogen and oxygen atoms in total. The number of nitrogens with zero attached hydrogens (tertiary/aromatic N) is 2. The van der Waals surface area contributed by atoms with Crippen LogP contribution in [-0.2, 0) is 17.5 Å². The third-order valence-corrected chi connectivity index (χ3v) is 5.08. The first-order valence-corrected chi connectivity index (χ1v) is 9.66. The Labute approximate surface area is 176 Å². The van der Waals surface area contributed by atoms with Crippen molar-refractivity contribution in [3.8, 4) is 0 Å². The van der Waals surface area contributed by atoms with Crippen molar-refractivity contribution in [1.29, 1.82) is 0 Å². The fraction of sp³-hybridized carbons (Fsp3) is 0.227. The van der Waals surface area contributed by atoms with E-state index in [1.54, 1.807) is 30.3 Å². The van der Waals surface area contributed by atoms with E-state index in [0.29, 0.717) is 36.3 Å². The quantitative estimate of drug-likeness (QED) is 0.668. The first-order chi connectivity index (χ1) is 14.8. The highest BCUT2D eigenvalue weighted by Gasteiger charge is 2.30. The van der Waals surface area contributed by atoms with E-state index < -0.39 is 11.7 Å². The number of benzene rings is 2. The van der Waals surface area contributed by atoms with E-state index in [2.05, 4.69) is 15.6 Å². The predicted octanol–water partition coefficient (Wildman–Crippen LogP) is 3.44. The summed E-state index contributed by atoms with van der Waals surface area (Å²) >= 11 is 0. The lowest BCUT2D eigenvalue weighted by Gasteiger charge is -2.26. The molecule has 2 heterocycles. The monoisotopic (exact) mass is 428 g/mol. The minimum atomic E-state index is -4.42. The van der Waals surface area contributed by atoms with Crippen LogP contribution in [0.5, 0.6) is 0 Å². The van der Waals surface area contributed by atoms with Gasteiger partial charge in [0.25, 0.3) is 5.91 Å². The van der Waals surface area contributed by atoms with Crippen molar-refractivity contribution in [2.75, 3.05) is 25.0 Å². The van der Waals surface area contributed by atoms with Gasteiger partial charge in [0.2, 0.25) is 5.91 Å². The Balaban J connectivity index is 1.45. The zero-order valence-corrected chi connectivity index (χ0v) is 16.4. The molecule has 0 radical (unpaired) electrons. The van der Waals surface area contributed by atoms with Crippen LogP contribution in [0.1, 0.15) is 21.5 Å². The number of carbonyl (C=O) groups is 2. The van der Waals surface area contributed by atoms with Gasteiger partial charge < -0.3 is 15.5 Å². The van der Waals surface area contributed by atoms with E-state index in [1.165, 1.54) is 17.2 Å². The number of rotatable bonds is 4. The number of hydrogen-bond donors (Lipinski definition) is 2. The summed E-state index contributed by atoms with van der Waals surface area (Å²) in [5, 5.41) is 6.48. The van der Waals surface area contributed by atoms with Crippen LogP contribution in [0.4, 0.5) is 18.9 Å². The van der Waals surface area contributed by atoms with Gasteiger partial charge in [-0.05, 0) is 35.9 Å². The van der Waals surface area contributed by atoms with Crippen molar-refractivity contribution in [1.82, 2.24) is 15.2 Å². The second-order valence-electron chi connectivity index (χ2n) is 7.22. The number of piperazine rings is 1. The molecule has 0 saturated carbocycles. The Kier molecular flexibility index (Phi) is 5.50. The van der Waals surface area contributed by atoms with Crippen LogP contribution < -0.4 is 10.6 Å². The maximum absolute atomic E-state index is 12.9. The Morgan fingerprint density at radius 2 is 1.90 bits per heavy atom. The number of aromatic nitrogens is 1. The summed E-state index contributed by atoms with van der Waals surface area (Å²) in [4.78, 5) is 29.5. The number of nitrogens with one attached hydrogen (secondary N) is 2. The van der Waals surface area contributed by atoms with Gasteiger partial charge in [0.15, 0.2) is 0 Å². The molecule has 0 unspecified atom stereocenters. The maximum atomic E-state index is 12.9. The van der Waals surface area contributed by atoms with Crippen LogP contribution in [0.15, 0.2) is 54.7 Å². The second-order valence-corrected chi connectivity index (χ2v) is 7.22. The molecule has 9 heteroatoms. The van der Waals surface area contributed by atoms with Crippen molar-refractivity contribution >= 4 is 28.4 Å². The van der Waals surface area contributed by atoms with Crippen molar-refractivity contribution in [3.05, 3.63) is 71.4 Å². The Hall–Kier alpha value is -3.62. The highest BCUT2D eigenvalue weighted by atomic mass is 19.4. The molecule has 2 N–H and O–H groups in total. The number of pyridine rings is 1. The van der Waals surface area contributed by atoms with Gasteiger partial charge in [-0.2, -0.15) is 13.2 Å². The van der Waals surface area contributed by atoms with Gasteiger partial charge in [0.1, 0.15) is 0 Å². The van der Waals surface area contributed by atoms with Gasteiger partial charge >= 0.3 is 6.18 Å². The average molecular weight is 428 g/mol. The summed E-state index contributed by atoms with van der Waals surface area (Å²) < 4.78 is 38.8. The third kappa shape index (κ3) is 4.60. The third-order valence-electron chi connectivity index (χ3n) is 5.08. The van der Waals surface area contributed by atoms with Gasteiger partial charge in [-0.1, -0.05) is 18.2 Å². The molecular weight excluding hydrogens is 409 g/mol. The highest BCUT2D eigenvalue weighted by Crippen LogP contribution is 2.32. The summed E-state index contributed by atoms with van der Waals surface area (Å²) in [6.45, 7) is 1.38. The molecule has 0 spiro atoms. The molecule has 1 aliphatic rings. The van der Waals surface area contributed by atoms with Gasteiger partial charge in [-0.3, -0.25) is 14.6 Å². The van der Waals surface area contributed by atoms with E-state index in [1.807, 2.05) is 0 Å². The van der Waals surface area contributed by atoms with E-state index in [9.17, 15) is 22.8 Å². The molecule has 3 aromatic rings. The van der Waals surface area contributed by atoms with E-state index in [0.717, 1.165) is 17.7 Å². The molecule has 1 saturated heterocycles. The minimum Gasteiger partial charge on any atom is -0.380 e. The Bertz CT molecular complexity index is 1130. The number of hydrogen-bond acceptors (Lipinski definition) is 4. The molecule has 0 atom stereocenters. The van der Waals surface area contributed by atoms with E-state index in [-0.39, 0.29) is 23.9 Å². The number of halogens is 3. The van der Waals surface area contributed by atoms with Crippen molar-refractivity contribution in [2.45, 2.75) is 12.7 Å². The van der Waals surface area contributed by atoms with Crippen molar-refractivity contribution < 1.29 is 22.8 Å². The lowest BCUT2D eigenvalue weighted by atomic mass is 10.1. The summed E-state index contributed by atoms with van der Waals surface area (Å²) in [5.74, 6) is -0.373. The lowest BCUT2D eigenvalue weighted by molar-refractivity contribution is -0.137. The minimum absolute atomic E-state index is 0.0489. The SMILES string of the molecule is O=C1CN(C(=O)c2ccc(CNc3ccnc4cc(C(F)(F)F)ccc34)cc2)CCN1. The molecular formula is C22H19F3N4O2. The second kappa shape index (κ2) is 8.25. The van der Waals surface area contributed by atoms with Gasteiger partial charge in [-0.25, -0.2) is 0 Å². The molecule has 1 aliphatic heterocycles. The first kappa shape index (κ1) is 20.6. The van der Waals surface area contributed by atoms with Gasteiger partial charge in [0, 0.05) is 42.5 Å². The highest BCUT2D eigenvalue weighted by molar-refractivity contribution is 5.97. The average Bonchev–Trinajstić information content (AvgIpc) is 2.76. The van der Waals surface area contributed by atoms with Gasteiger partial charge in [-0.15, -0.1) is 0 Å². The normalized spacial score (nSPS) is 14.4. The Morgan fingerprint density at radius 1 is 1.13 bits per heavy atom. The zero-order chi connectivity index (χ0) is 22.0. The van der Waals surface area contributed by atoms with E-state index in [4.69, 9.17) is 0 Å². The lowest BCUT2D eigenvalue weighted by Crippen LogP contribution is -2.49. The summed E-state index contributed by atoms with van der Waals surface area (Å²) in [6, 6.07) is 12.2. The standard InChI is InChI=1S/C22H19F3N4O2/c23-22(24,25)16-5-6-17-18(7-8-26-19(17)11-16)28-12-14-1-3-15(4-2-14)21(31)29-10-9-27-20(30)13-29/h1-8,11H,9-10,12-13H2,(H,26,28)(H,27,30). The summed E-state index contributed by atoms with van der Waals surface area (Å²) in [5.41, 5.74) is 1.57. The van der Waals surface area contributed by atoms with Crippen LogP contribution in [0.2, 0.25) is 0 Å². The van der Waals surface area contributed by atoms with Crippen LogP contribution in [0.25, 0.3) is 10.9 Å². The molecule has 31 heavy (non-hydrogen) atoms. The predicted molar refractivity (Wildman–Crippen MR) is 109 cm³/mol. The van der Waals surface area contributed by atoms with Crippen LogP contribution in [-0.4, -0.2) is 41.3 Å². The number of anilines is 1. The topological polar surface area (TPSA) is 74.3 Å². The molecule has 0 bridgehead atoms. The fourth-order valence-electron chi connectivity index (χ4n) is 3.44. The van der Waals surface area contributed by atoms with Crippen LogP contribution >= 0.6 is 0 Å². The Morgan fingerprint density at radius 3 is 2.61 bits per heavy atom. The van der Waals surface area contributed by atoms with Crippen LogP contribution in [0.3, 0.4) is 0 Å². The van der Waals surface area contributed by atoms with Crippen molar-refractivity contribution in [3.63, 3.8) is 0 Å². The summed E-state index contributed by atoms with van der Waals surface area (Å²) in [6.07, 6.45) is -2.96. The molecule has 0 aliphatic carbocycles. The van der Waals surface area contributed by atoms with E-state index >= 15 is 0 Å². The number of amides is 2. The van der Waals surface area contributed by atoms with Crippen molar-refractivity contribution in [2.24, 2.45) is 0 Å². The summed E-state index contributed by atoms with van der Waals surface area (Å²) in [7, 11) is 0. The molecule has 4 rings (SSSR count). The molecule has 1 fully saturated rings. The molecule has 2 amide bonds. The number of carbonyl (C=O) groups excluding carboxylic acids is 2. The molecule has 2 aromatic carbocycles. The molecule has 1 aromatic heterocycles.